The molecule has 2 aromatic carbocycles. The van der Waals surface area contributed by atoms with Gasteiger partial charge in [-0.05, 0) is 30.7 Å². The van der Waals surface area contributed by atoms with Gasteiger partial charge >= 0.3 is 0 Å². The Hall–Kier alpha value is -1.94. The molecule has 0 aliphatic rings. The van der Waals surface area contributed by atoms with Gasteiger partial charge in [0.1, 0.15) is 0 Å². The highest BCUT2D eigenvalue weighted by Gasteiger charge is 2.17. The molecule has 106 valence electrons. The molecule has 0 saturated heterocycles. The maximum atomic E-state index is 13.6. The van der Waals surface area contributed by atoms with Crippen LogP contribution in [0.15, 0.2) is 42.5 Å². The number of rotatable bonds is 4. The summed E-state index contributed by atoms with van der Waals surface area (Å²) in [6, 6.07) is 11.6. The van der Waals surface area contributed by atoms with Crippen molar-refractivity contribution in [2.24, 2.45) is 0 Å². The molecule has 0 radical (unpaired) electrons. The third-order valence-electron chi connectivity index (χ3n) is 3.23. The first-order valence-electron chi connectivity index (χ1n) is 6.39. The fourth-order valence-electron chi connectivity index (χ4n) is 2.11. The Morgan fingerprint density at radius 1 is 1.15 bits per heavy atom. The summed E-state index contributed by atoms with van der Waals surface area (Å²) < 4.78 is 26.8. The molecule has 0 bridgehead atoms. The first-order chi connectivity index (χ1) is 9.49. The van der Waals surface area contributed by atoms with Crippen molar-refractivity contribution in [1.82, 2.24) is 0 Å². The molecular formula is C16H17F2NO. The predicted molar refractivity (Wildman–Crippen MR) is 75.8 cm³/mol. The van der Waals surface area contributed by atoms with Crippen LogP contribution in [-0.2, 0) is 0 Å². The van der Waals surface area contributed by atoms with E-state index < -0.39 is 17.7 Å². The summed E-state index contributed by atoms with van der Waals surface area (Å²) in [6.45, 7) is 2.16. The molecule has 2 aromatic rings. The standard InChI is InChI=1S/C16H17F2NO/c1-11-5-3-6-12(9-11)19(2)10-15(20)13-7-4-8-14(17)16(13)18/h3-9,15,20H,10H2,1-2H3. The SMILES string of the molecule is Cc1cccc(N(C)CC(O)c2cccc(F)c2F)c1. The van der Waals surface area contributed by atoms with Crippen LogP contribution in [0, 0.1) is 18.6 Å². The van der Waals surface area contributed by atoms with E-state index in [9.17, 15) is 13.9 Å². The van der Waals surface area contributed by atoms with Gasteiger partial charge in [-0.1, -0.05) is 24.3 Å². The lowest BCUT2D eigenvalue weighted by molar-refractivity contribution is 0.179. The fourth-order valence-corrected chi connectivity index (χ4v) is 2.11. The van der Waals surface area contributed by atoms with Crippen LogP contribution in [0.5, 0.6) is 0 Å². The van der Waals surface area contributed by atoms with E-state index in [1.54, 1.807) is 7.05 Å². The number of halogens is 2. The quantitative estimate of drug-likeness (QED) is 0.925. The Balaban J connectivity index is 2.15. The highest BCUT2D eigenvalue weighted by molar-refractivity contribution is 5.48. The van der Waals surface area contributed by atoms with Crippen molar-refractivity contribution < 1.29 is 13.9 Å². The molecule has 0 saturated carbocycles. The van der Waals surface area contributed by atoms with Gasteiger partial charge in [0.2, 0.25) is 0 Å². The maximum Gasteiger partial charge on any atom is 0.164 e. The molecule has 0 aliphatic heterocycles. The van der Waals surface area contributed by atoms with Crippen molar-refractivity contribution in [1.29, 1.82) is 0 Å². The average Bonchev–Trinajstić information content (AvgIpc) is 2.41. The van der Waals surface area contributed by atoms with Gasteiger partial charge in [-0.3, -0.25) is 0 Å². The molecule has 20 heavy (non-hydrogen) atoms. The van der Waals surface area contributed by atoms with E-state index in [4.69, 9.17) is 0 Å². The van der Waals surface area contributed by atoms with Crippen molar-refractivity contribution in [3.63, 3.8) is 0 Å². The molecule has 0 amide bonds. The minimum absolute atomic E-state index is 0.0236. The molecule has 4 heteroatoms. The van der Waals surface area contributed by atoms with E-state index in [-0.39, 0.29) is 12.1 Å². The van der Waals surface area contributed by atoms with Crippen molar-refractivity contribution >= 4 is 5.69 Å². The Kier molecular flexibility index (Phi) is 4.35. The summed E-state index contributed by atoms with van der Waals surface area (Å²) in [5.74, 6) is -1.93. The maximum absolute atomic E-state index is 13.6. The van der Waals surface area contributed by atoms with Gasteiger partial charge in [0.15, 0.2) is 11.6 Å². The monoisotopic (exact) mass is 277 g/mol. The van der Waals surface area contributed by atoms with Crippen LogP contribution in [0.3, 0.4) is 0 Å². The van der Waals surface area contributed by atoms with Crippen LogP contribution in [0.1, 0.15) is 17.2 Å². The minimum atomic E-state index is -1.09. The second kappa shape index (κ2) is 6.01. The number of aliphatic hydroxyl groups is 1. The Morgan fingerprint density at radius 2 is 1.85 bits per heavy atom. The number of anilines is 1. The zero-order chi connectivity index (χ0) is 14.7. The third-order valence-corrected chi connectivity index (χ3v) is 3.23. The second-order valence-electron chi connectivity index (χ2n) is 4.88. The fraction of sp³-hybridized carbons (Fsp3) is 0.250. The summed E-state index contributed by atoms with van der Waals surface area (Å²) in [6.07, 6.45) is -1.09. The summed E-state index contributed by atoms with van der Waals surface area (Å²) in [5, 5.41) is 10.1. The molecular weight excluding hydrogens is 260 g/mol. The number of aliphatic hydroxyl groups excluding tert-OH is 1. The summed E-state index contributed by atoms with van der Waals surface area (Å²) >= 11 is 0. The topological polar surface area (TPSA) is 23.5 Å². The number of benzene rings is 2. The predicted octanol–water partition coefficient (Wildman–Crippen LogP) is 3.44. The molecule has 0 spiro atoms. The van der Waals surface area contributed by atoms with E-state index in [2.05, 4.69) is 0 Å². The highest BCUT2D eigenvalue weighted by Crippen LogP contribution is 2.22. The van der Waals surface area contributed by atoms with Crippen molar-refractivity contribution in [2.75, 3.05) is 18.5 Å². The summed E-state index contributed by atoms with van der Waals surface area (Å²) in [7, 11) is 1.80. The van der Waals surface area contributed by atoms with Gasteiger partial charge in [0.25, 0.3) is 0 Å². The molecule has 2 rings (SSSR count). The Labute approximate surface area is 117 Å². The highest BCUT2D eigenvalue weighted by atomic mass is 19.2. The van der Waals surface area contributed by atoms with E-state index in [1.807, 2.05) is 36.1 Å². The van der Waals surface area contributed by atoms with Crippen LogP contribution >= 0.6 is 0 Å². The van der Waals surface area contributed by atoms with Crippen LogP contribution in [0.2, 0.25) is 0 Å². The molecule has 0 aromatic heterocycles. The third kappa shape index (κ3) is 3.14. The minimum Gasteiger partial charge on any atom is -0.386 e. The molecule has 0 heterocycles. The number of aryl methyl sites for hydroxylation is 1. The smallest absolute Gasteiger partial charge is 0.164 e. The van der Waals surface area contributed by atoms with E-state index in [0.29, 0.717) is 0 Å². The largest absolute Gasteiger partial charge is 0.386 e. The van der Waals surface area contributed by atoms with Crippen LogP contribution in [0.4, 0.5) is 14.5 Å². The Bertz CT molecular complexity index is 601. The van der Waals surface area contributed by atoms with Crippen molar-refractivity contribution in [3.8, 4) is 0 Å². The van der Waals surface area contributed by atoms with Crippen LogP contribution in [0.25, 0.3) is 0 Å². The van der Waals surface area contributed by atoms with Gasteiger partial charge in [-0.2, -0.15) is 0 Å². The zero-order valence-corrected chi connectivity index (χ0v) is 11.5. The summed E-state index contributed by atoms with van der Waals surface area (Å²) in [4.78, 5) is 1.81. The lowest BCUT2D eigenvalue weighted by Gasteiger charge is -2.23. The first-order valence-corrected chi connectivity index (χ1v) is 6.39. The van der Waals surface area contributed by atoms with E-state index in [0.717, 1.165) is 17.3 Å². The average molecular weight is 277 g/mol. The lowest BCUT2D eigenvalue weighted by Crippen LogP contribution is -2.24. The second-order valence-corrected chi connectivity index (χ2v) is 4.88. The van der Waals surface area contributed by atoms with Gasteiger partial charge in [-0.15, -0.1) is 0 Å². The Morgan fingerprint density at radius 3 is 2.55 bits per heavy atom. The van der Waals surface area contributed by atoms with Crippen molar-refractivity contribution in [2.45, 2.75) is 13.0 Å². The number of nitrogens with zero attached hydrogens (tertiary/aromatic N) is 1. The van der Waals surface area contributed by atoms with Crippen LogP contribution < -0.4 is 4.90 Å². The zero-order valence-electron chi connectivity index (χ0n) is 11.5. The van der Waals surface area contributed by atoms with Gasteiger partial charge in [0.05, 0.1) is 6.10 Å². The molecule has 1 N–H and O–H groups in total. The van der Waals surface area contributed by atoms with Gasteiger partial charge in [0, 0.05) is 24.8 Å². The van der Waals surface area contributed by atoms with E-state index >= 15 is 0 Å². The first kappa shape index (κ1) is 14.5. The van der Waals surface area contributed by atoms with Gasteiger partial charge in [-0.25, -0.2) is 8.78 Å². The normalized spacial score (nSPS) is 12.2. The summed E-state index contributed by atoms with van der Waals surface area (Å²) in [5.41, 5.74) is 1.99. The number of likely N-dealkylation sites (N-methyl/N-ethyl adjacent to an activating group) is 1. The van der Waals surface area contributed by atoms with Crippen LogP contribution in [-0.4, -0.2) is 18.7 Å². The number of hydrogen-bond acceptors (Lipinski definition) is 2. The van der Waals surface area contributed by atoms with Gasteiger partial charge < -0.3 is 10.0 Å². The lowest BCUT2D eigenvalue weighted by atomic mass is 10.1. The molecule has 1 atom stereocenters. The molecule has 0 fully saturated rings. The van der Waals surface area contributed by atoms with E-state index in [1.165, 1.54) is 12.1 Å². The molecule has 0 aliphatic carbocycles. The molecule has 2 nitrogen and oxygen atoms in total. The number of hydrogen-bond donors (Lipinski definition) is 1. The van der Waals surface area contributed by atoms with Crippen molar-refractivity contribution in [3.05, 3.63) is 65.2 Å². The molecule has 1 unspecified atom stereocenters.